The van der Waals surface area contributed by atoms with E-state index in [2.05, 4.69) is 10.3 Å². The number of carbonyl (C=O) groups excluding carboxylic acids is 1. The van der Waals surface area contributed by atoms with Gasteiger partial charge in [0.1, 0.15) is 0 Å². The van der Waals surface area contributed by atoms with Crippen molar-refractivity contribution in [1.82, 2.24) is 10.3 Å². The number of nitrogens with two attached hydrogens (primary N) is 1. The quantitative estimate of drug-likeness (QED) is 0.592. The number of oxazole rings is 1. The van der Waals surface area contributed by atoms with Crippen molar-refractivity contribution in [1.29, 1.82) is 0 Å². The van der Waals surface area contributed by atoms with Crippen LogP contribution in [-0.2, 0) is 21.2 Å². The number of primary sulfonamides is 1. The summed E-state index contributed by atoms with van der Waals surface area (Å²) in [5.74, 6) is 0.820. The van der Waals surface area contributed by atoms with Gasteiger partial charge in [-0.05, 0) is 36.8 Å². The zero-order valence-electron chi connectivity index (χ0n) is 15.6. The van der Waals surface area contributed by atoms with Crippen LogP contribution in [-0.4, -0.2) is 19.3 Å². The number of rotatable bonds is 7. The molecule has 9 heteroatoms. The molecule has 0 fully saturated rings. The molecule has 7 nitrogen and oxygen atoms in total. The van der Waals surface area contributed by atoms with E-state index in [4.69, 9.17) is 21.2 Å². The van der Waals surface area contributed by atoms with E-state index in [9.17, 15) is 13.2 Å². The molecule has 0 unspecified atom stereocenters. The zero-order chi connectivity index (χ0) is 21.0. The van der Waals surface area contributed by atoms with Crippen molar-refractivity contribution >= 4 is 27.5 Å². The van der Waals surface area contributed by atoms with Crippen LogP contribution in [0.1, 0.15) is 30.8 Å². The third-order valence-electron chi connectivity index (χ3n) is 4.34. The maximum atomic E-state index is 12.2. The minimum absolute atomic E-state index is 0.0259. The number of nitrogens with one attached hydrogen (secondary N) is 1. The molecule has 3 rings (SSSR count). The molecule has 1 aromatic heterocycles. The van der Waals surface area contributed by atoms with Crippen LogP contribution in [0, 0.1) is 0 Å². The Bertz CT molecular complexity index is 1110. The molecule has 0 aliphatic heterocycles. The molecule has 0 saturated heterocycles. The Morgan fingerprint density at radius 2 is 1.90 bits per heavy atom. The molecule has 152 valence electrons. The van der Waals surface area contributed by atoms with Gasteiger partial charge in [0.2, 0.25) is 15.9 Å². The smallest absolute Gasteiger partial charge is 0.238 e. The van der Waals surface area contributed by atoms with Gasteiger partial charge in [-0.15, -0.1) is 0 Å². The van der Waals surface area contributed by atoms with Gasteiger partial charge < -0.3 is 9.73 Å². The van der Waals surface area contributed by atoms with Crippen molar-refractivity contribution in [2.45, 2.75) is 30.7 Å². The number of sulfonamides is 1. The van der Waals surface area contributed by atoms with Crippen molar-refractivity contribution in [2.75, 3.05) is 0 Å². The fourth-order valence-electron chi connectivity index (χ4n) is 2.78. The van der Waals surface area contributed by atoms with Gasteiger partial charge in [0.25, 0.3) is 0 Å². The molecule has 1 amide bonds. The summed E-state index contributed by atoms with van der Waals surface area (Å²) in [5.41, 5.74) is 1.51. The SMILES string of the molecule is C[C@H](NC(=O)CCc1ncc(-c2ccccc2Cl)o1)c1ccc(S(N)(=O)=O)cc1. The Balaban J connectivity index is 1.55. The van der Waals surface area contributed by atoms with Crippen LogP contribution in [0.5, 0.6) is 0 Å². The number of hydrogen-bond acceptors (Lipinski definition) is 5. The van der Waals surface area contributed by atoms with Gasteiger partial charge in [0.15, 0.2) is 11.7 Å². The summed E-state index contributed by atoms with van der Waals surface area (Å²) in [6.45, 7) is 1.81. The Kier molecular flexibility index (Phi) is 6.36. The highest BCUT2D eigenvalue weighted by molar-refractivity contribution is 7.89. The summed E-state index contributed by atoms with van der Waals surface area (Å²) in [6, 6.07) is 13.1. The summed E-state index contributed by atoms with van der Waals surface area (Å²) in [4.78, 5) is 16.5. The van der Waals surface area contributed by atoms with E-state index in [0.717, 1.165) is 11.1 Å². The molecule has 3 aromatic rings. The van der Waals surface area contributed by atoms with Gasteiger partial charge in [-0.25, -0.2) is 18.5 Å². The van der Waals surface area contributed by atoms with Gasteiger partial charge in [-0.1, -0.05) is 35.9 Å². The van der Waals surface area contributed by atoms with E-state index < -0.39 is 10.0 Å². The second-order valence-corrected chi connectivity index (χ2v) is 8.47. The molecule has 0 bridgehead atoms. The first kappa shape index (κ1) is 21.0. The molecule has 29 heavy (non-hydrogen) atoms. The Morgan fingerprint density at radius 3 is 2.55 bits per heavy atom. The lowest BCUT2D eigenvalue weighted by Crippen LogP contribution is -2.26. The molecule has 0 aliphatic carbocycles. The van der Waals surface area contributed by atoms with Crippen LogP contribution in [0.3, 0.4) is 0 Å². The second-order valence-electron chi connectivity index (χ2n) is 6.50. The van der Waals surface area contributed by atoms with E-state index in [1.54, 1.807) is 24.4 Å². The van der Waals surface area contributed by atoms with Crippen LogP contribution in [0.2, 0.25) is 5.02 Å². The summed E-state index contributed by atoms with van der Waals surface area (Å²) < 4.78 is 28.3. The number of nitrogens with zero attached hydrogens (tertiary/aromatic N) is 1. The maximum Gasteiger partial charge on any atom is 0.238 e. The lowest BCUT2D eigenvalue weighted by Gasteiger charge is -2.14. The first-order chi connectivity index (χ1) is 13.7. The summed E-state index contributed by atoms with van der Waals surface area (Å²) in [5, 5.41) is 8.51. The van der Waals surface area contributed by atoms with Crippen molar-refractivity contribution in [2.24, 2.45) is 5.14 Å². The standard InChI is InChI=1S/C20H20ClN3O4S/c1-13(14-6-8-15(9-7-14)29(22,26)27)24-19(25)10-11-20-23-12-18(28-20)16-4-2-3-5-17(16)21/h2-9,12-13H,10-11H2,1H3,(H,24,25)(H2,22,26,27)/t13-/m0/s1. The summed E-state index contributed by atoms with van der Waals surface area (Å²) >= 11 is 6.15. The first-order valence-corrected chi connectivity index (χ1v) is 10.8. The fourth-order valence-corrected chi connectivity index (χ4v) is 3.52. The average Bonchev–Trinajstić information content (AvgIpc) is 3.15. The van der Waals surface area contributed by atoms with Crippen molar-refractivity contribution < 1.29 is 17.6 Å². The normalized spacial score (nSPS) is 12.5. The number of hydrogen-bond donors (Lipinski definition) is 2. The minimum atomic E-state index is -3.74. The van der Waals surface area contributed by atoms with Gasteiger partial charge in [0, 0.05) is 18.4 Å². The number of halogens is 1. The lowest BCUT2D eigenvalue weighted by molar-refractivity contribution is -0.121. The number of amides is 1. The van der Waals surface area contributed by atoms with E-state index in [0.29, 0.717) is 23.1 Å². The largest absolute Gasteiger partial charge is 0.441 e. The average molecular weight is 434 g/mol. The molecule has 0 saturated carbocycles. The molecule has 3 N–H and O–H groups in total. The van der Waals surface area contributed by atoms with Gasteiger partial charge in [-0.3, -0.25) is 4.79 Å². The highest BCUT2D eigenvalue weighted by Gasteiger charge is 2.14. The highest BCUT2D eigenvalue weighted by Crippen LogP contribution is 2.28. The molecule has 1 heterocycles. The molecule has 0 aliphatic rings. The van der Waals surface area contributed by atoms with E-state index in [-0.39, 0.29) is 23.3 Å². The number of aromatic nitrogens is 1. The summed E-state index contributed by atoms with van der Waals surface area (Å²) in [7, 11) is -3.74. The molecule has 0 spiro atoms. The Morgan fingerprint density at radius 1 is 1.21 bits per heavy atom. The number of carbonyl (C=O) groups is 1. The molecule has 2 aromatic carbocycles. The third kappa shape index (κ3) is 5.44. The van der Waals surface area contributed by atoms with E-state index in [1.807, 2.05) is 25.1 Å². The maximum absolute atomic E-state index is 12.2. The highest BCUT2D eigenvalue weighted by atomic mass is 35.5. The van der Waals surface area contributed by atoms with Crippen molar-refractivity contribution in [3.63, 3.8) is 0 Å². The second kappa shape index (κ2) is 8.77. The third-order valence-corrected chi connectivity index (χ3v) is 5.60. The van der Waals surface area contributed by atoms with Crippen LogP contribution < -0.4 is 10.5 Å². The van der Waals surface area contributed by atoms with Gasteiger partial charge >= 0.3 is 0 Å². The predicted octanol–water partition coefficient (Wildman–Crippen LogP) is 3.45. The molecular formula is C20H20ClN3O4S. The van der Waals surface area contributed by atoms with E-state index >= 15 is 0 Å². The van der Waals surface area contributed by atoms with Crippen molar-refractivity contribution in [3.8, 4) is 11.3 Å². The minimum Gasteiger partial charge on any atom is -0.441 e. The predicted molar refractivity (Wildman–Crippen MR) is 110 cm³/mol. The molecule has 0 radical (unpaired) electrons. The Labute approximate surface area is 173 Å². The lowest BCUT2D eigenvalue weighted by atomic mass is 10.1. The fraction of sp³-hybridized carbons (Fsp3) is 0.200. The topological polar surface area (TPSA) is 115 Å². The Hall–Kier alpha value is -2.68. The monoisotopic (exact) mass is 433 g/mol. The number of benzene rings is 2. The van der Waals surface area contributed by atoms with Gasteiger partial charge in [0.05, 0.1) is 22.2 Å². The first-order valence-electron chi connectivity index (χ1n) is 8.86. The zero-order valence-corrected chi connectivity index (χ0v) is 17.2. The van der Waals surface area contributed by atoms with Crippen LogP contribution in [0.25, 0.3) is 11.3 Å². The molecular weight excluding hydrogens is 414 g/mol. The number of aryl methyl sites for hydroxylation is 1. The molecule has 1 atom stereocenters. The summed E-state index contributed by atoms with van der Waals surface area (Å²) in [6.07, 6.45) is 2.12. The van der Waals surface area contributed by atoms with E-state index in [1.165, 1.54) is 12.1 Å². The van der Waals surface area contributed by atoms with Gasteiger partial charge in [-0.2, -0.15) is 0 Å². The van der Waals surface area contributed by atoms with Crippen LogP contribution in [0.4, 0.5) is 0 Å². The van der Waals surface area contributed by atoms with Crippen LogP contribution >= 0.6 is 11.6 Å². The van der Waals surface area contributed by atoms with Crippen molar-refractivity contribution in [3.05, 3.63) is 71.2 Å². The van der Waals surface area contributed by atoms with Crippen LogP contribution in [0.15, 0.2) is 64.0 Å².